The molecule has 0 spiro atoms. The van der Waals surface area contributed by atoms with Gasteiger partial charge in [-0.15, -0.1) is 0 Å². The summed E-state index contributed by atoms with van der Waals surface area (Å²) in [5.41, 5.74) is 6.02. The summed E-state index contributed by atoms with van der Waals surface area (Å²) in [4.78, 5) is 26.3. The maximum absolute atomic E-state index is 12.6. The highest BCUT2D eigenvalue weighted by molar-refractivity contribution is 5.82. The van der Waals surface area contributed by atoms with Crippen molar-refractivity contribution < 1.29 is 9.59 Å². The van der Waals surface area contributed by atoms with E-state index in [0.717, 1.165) is 38.6 Å². The first-order chi connectivity index (χ1) is 9.52. The van der Waals surface area contributed by atoms with Gasteiger partial charge in [-0.2, -0.15) is 0 Å². The number of amides is 2. The summed E-state index contributed by atoms with van der Waals surface area (Å²) in [6, 6.07) is 0.235. The fourth-order valence-corrected chi connectivity index (χ4v) is 3.50. The highest BCUT2D eigenvalue weighted by Crippen LogP contribution is 2.30. The number of carbonyl (C=O) groups is 2. The van der Waals surface area contributed by atoms with Gasteiger partial charge >= 0.3 is 0 Å². The van der Waals surface area contributed by atoms with Gasteiger partial charge in [0, 0.05) is 32.1 Å². The molecule has 1 aliphatic carbocycles. The number of piperidine rings is 1. The third kappa shape index (κ3) is 3.32. The van der Waals surface area contributed by atoms with E-state index < -0.39 is 0 Å². The molecule has 2 rings (SSSR count). The van der Waals surface area contributed by atoms with E-state index in [0.29, 0.717) is 12.5 Å². The Morgan fingerprint density at radius 2 is 1.95 bits per heavy atom. The van der Waals surface area contributed by atoms with Gasteiger partial charge in [0.15, 0.2) is 0 Å². The van der Waals surface area contributed by atoms with Crippen molar-refractivity contribution in [1.29, 1.82) is 0 Å². The number of likely N-dealkylation sites (tertiary alicyclic amines) is 1. The molecule has 0 aromatic carbocycles. The van der Waals surface area contributed by atoms with Crippen molar-refractivity contribution in [3.63, 3.8) is 0 Å². The van der Waals surface area contributed by atoms with Crippen LogP contribution in [0.25, 0.3) is 0 Å². The van der Waals surface area contributed by atoms with Gasteiger partial charge in [0.1, 0.15) is 0 Å². The molecule has 20 heavy (non-hydrogen) atoms. The van der Waals surface area contributed by atoms with Gasteiger partial charge in [0.2, 0.25) is 11.8 Å². The van der Waals surface area contributed by atoms with Crippen LogP contribution in [-0.2, 0) is 9.59 Å². The number of nitrogens with one attached hydrogen (secondary N) is 1. The molecular formula is C15H27N3O2. The van der Waals surface area contributed by atoms with E-state index in [1.54, 1.807) is 7.05 Å². The normalized spacial score (nSPS) is 34.6. The maximum atomic E-state index is 12.6. The van der Waals surface area contributed by atoms with Crippen molar-refractivity contribution in [1.82, 2.24) is 10.2 Å². The second-order valence-corrected chi connectivity index (χ2v) is 6.39. The number of hydrogen-bond donors (Lipinski definition) is 2. The third-order valence-electron chi connectivity index (χ3n) is 4.94. The van der Waals surface area contributed by atoms with E-state index in [1.807, 2.05) is 4.90 Å². The highest BCUT2D eigenvalue weighted by Gasteiger charge is 2.35. The van der Waals surface area contributed by atoms with Gasteiger partial charge in [0.05, 0.1) is 5.92 Å². The van der Waals surface area contributed by atoms with Crippen LogP contribution in [0.4, 0.5) is 0 Å². The summed E-state index contributed by atoms with van der Waals surface area (Å²) in [6.07, 6.45) is 4.53. The van der Waals surface area contributed by atoms with Crippen molar-refractivity contribution >= 4 is 11.8 Å². The molecule has 4 unspecified atom stereocenters. The molecule has 3 N–H and O–H groups in total. The quantitative estimate of drug-likeness (QED) is 0.783. The molecule has 0 aromatic rings. The summed E-state index contributed by atoms with van der Waals surface area (Å²) >= 11 is 0. The molecule has 5 heteroatoms. The lowest BCUT2D eigenvalue weighted by atomic mass is 9.78. The van der Waals surface area contributed by atoms with Crippen molar-refractivity contribution in [3.8, 4) is 0 Å². The van der Waals surface area contributed by atoms with Crippen LogP contribution >= 0.6 is 0 Å². The first-order valence-corrected chi connectivity index (χ1v) is 7.79. The Morgan fingerprint density at radius 3 is 2.60 bits per heavy atom. The standard InChI is InChI=1S/C15H27N3O2/c1-10-8-11(5-6-13(10)16)15(20)18-7-3-4-12(9-18)14(19)17-2/h10-13H,3-9,16H2,1-2H3,(H,17,19). The first kappa shape index (κ1) is 15.3. The number of rotatable bonds is 2. The molecule has 0 aromatic heterocycles. The zero-order valence-corrected chi connectivity index (χ0v) is 12.6. The minimum absolute atomic E-state index is 0.0408. The molecule has 0 radical (unpaired) electrons. The van der Waals surface area contributed by atoms with Gasteiger partial charge in [-0.1, -0.05) is 6.92 Å². The van der Waals surface area contributed by atoms with Crippen LogP contribution in [0, 0.1) is 17.8 Å². The average molecular weight is 281 g/mol. The second-order valence-electron chi connectivity index (χ2n) is 6.39. The lowest BCUT2D eigenvalue weighted by Crippen LogP contribution is -2.48. The molecule has 2 aliphatic rings. The molecule has 2 fully saturated rings. The lowest BCUT2D eigenvalue weighted by molar-refractivity contribution is -0.140. The Bertz CT molecular complexity index is 372. The Morgan fingerprint density at radius 1 is 1.20 bits per heavy atom. The van der Waals surface area contributed by atoms with E-state index in [4.69, 9.17) is 5.73 Å². The molecule has 1 aliphatic heterocycles. The molecule has 1 heterocycles. The minimum Gasteiger partial charge on any atom is -0.359 e. The van der Waals surface area contributed by atoms with E-state index in [9.17, 15) is 9.59 Å². The van der Waals surface area contributed by atoms with Crippen LogP contribution < -0.4 is 11.1 Å². The van der Waals surface area contributed by atoms with Crippen LogP contribution in [-0.4, -0.2) is 42.9 Å². The molecule has 1 saturated carbocycles. The number of nitrogens with two attached hydrogens (primary N) is 1. The monoisotopic (exact) mass is 281 g/mol. The number of hydrogen-bond acceptors (Lipinski definition) is 3. The summed E-state index contributed by atoms with van der Waals surface area (Å²) in [5, 5.41) is 2.69. The van der Waals surface area contributed by atoms with Gasteiger partial charge in [-0.05, 0) is 38.0 Å². The van der Waals surface area contributed by atoms with Crippen LogP contribution in [0.2, 0.25) is 0 Å². The van der Waals surface area contributed by atoms with Crippen molar-refractivity contribution in [3.05, 3.63) is 0 Å². The Labute approximate surface area is 121 Å². The number of carbonyl (C=O) groups excluding carboxylic acids is 2. The van der Waals surface area contributed by atoms with Crippen molar-refractivity contribution in [2.75, 3.05) is 20.1 Å². The molecule has 5 nitrogen and oxygen atoms in total. The number of nitrogens with zero attached hydrogens (tertiary/aromatic N) is 1. The highest BCUT2D eigenvalue weighted by atomic mass is 16.2. The van der Waals surface area contributed by atoms with Crippen LogP contribution in [0.1, 0.15) is 39.0 Å². The van der Waals surface area contributed by atoms with Gasteiger partial charge in [-0.3, -0.25) is 9.59 Å². The predicted octanol–water partition coefficient (Wildman–Crippen LogP) is 0.735. The van der Waals surface area contributed by atoms with Crippen molar-refractivity contribution in [2.24, 2.45) is 23.5 Å². The molecule has 0 bridgehead atoms. The lowest BCUT2D eigenvalue weighted by Gasteiger charge is -2.37. The zero-order valence-electron chi connectivity index (χ0n) is 12.6. The SMILES string of the molecule is CNC(=O)C1CCCN(C(=O)C2CCC(N)C(C)C2)C1. The van der Waals surface area contributed by atoms with Crippen LogP contribution in [0.3, 0.4) is 0 Å². The molecule has 114 valence electrons. The second kappa shape index (κ2) is 6.57. The largest absolute Gasteiger partial charge is 0.359 e. The van der Waals surface area contributed by atoms with E-state index >= 15 is 0 Å². The van der Waals surface area contributed by atoms with Crippen LogP contribution in [0.15, 0.2) is 0 Å². The van der Waals surface area contributed by atoms with Gasteiger partial charge in [-0.25, -0.2) is 0 Å². The zero-order chi connectivity index (χ0) is 14.7. The topological polar surface area (TPSA) is 75.4 Å². The predicted molar refractivity (Wildman–Crippen MR) is 77.9 cm³/mol. The van der Waals surface area contributed by atoms with E-state index in [-0.39, 0.29) is 29.7 Å². The maximum Gasteiger partial charge on any atom is 0.225 e. The van der Waals surface area contributed by atoms with Crippen LogP contribution in [0.5, 0.6) is 0 Å². The molecule has 1 saturated heterocycles. The molecule has 2 amide bonds. The summed E-state index contributed by atoms with van der Waals surface area (Å²) < 4.78 is 0. The van der Waals surface area contributed by atoms with E-state index in [2.05, 4.69) is 12.2 Å². The molecule has 4 atom stereocenters. The Balaban J connectivity index is 1.93. The summed E-state index contributed by atoms with van der Waals surface area (Å²) in [5.74, 6) is 0.769. The summed E-state index contributed by atoms with van der Waals surface area (Å²) in [7, 11) is 1.66. The van der Waals surface area contributed by atoms with Gasteiger partial charge < -0.3 is 16.0 Å². The van der Waals surface area contributed by atoms with Crippen molar-refractivity contribution in [2.45, 2.75) is 45.1 Å². The minimum atomic E-state index is -0.0408. The Hall–Kier alpha value is -1.10. The molecular weight excluding hydrogens is 254 g/mol. The smallest absolute Gasteiger partial charge is 0.225 e. The fraction of sp³-hybridized carbons (Fsp3) is 0.867. The van der Waals surface area contributed by atoms with Gasteiger partial charge in [0.25, 0.3) is 0 Å². The third-order valence-corrected chi connectivity index (χ3v) is 4.94. The Kier molecular flexibility index (Phi) is 5.02. The van der Waals surface area contributed by atoms with E-state index in [1.165, 1.54) is 0 Å². The summed E-state index contributed by atoms with van der Waals surface area (Å²) in [6.45, 7) is 3.51. The first-order valence-electron chi connectivity index (χ1n) is 7.79. The average Bonchev–Trinajstić information content (AvgIpc) is 2.48. The fourth-order valence-electron chi connectivity index (χ4n) is 3.50.